The minimum Gasteiger partial charge on any atom is -0.392 e. The molecule has 0 aromatic heterocycles. The van der Waals surface area contributed by atoms with Crippen LogP contribution in [0.3, 0.4) is 0 Å². The van der Waals surface area contributed by atoms with E-state index in [2.05, 4.69) is 11.8 Å². The summed E-state index contributed by atoms with van der Waals surface area (Å²) < 4.78 is 0. The maximum Gasteiger partial charge on any atom is 0.0702 e. The van der Waals surface area contributed by atoms with Gasteiger partial charge in [0.15, 0.2) is 0 Å². The maximum atomic E-state index is 9.34. The Morgan fingerprint density at radius 3 is 2.94 bits per heavy atom. The number of nitrogens with zero attached hydrogens (tertiary/aromatic N) is 1. The molecule has 1 aromatic rings. The predicted molar refractivity (Wildman–Crippen MR) is 68.0 cm³/mol. The minimum absolute atomic E-state index is 0.0587. The summed E-state index contributed by atoms with van der Waals surface area (Å²) in [6.07, 6.45) is 2.49. The molecule has 0 spiro atoms. The molecule has 0 saturated carbocycles. The highest BCUT2D eigenvalue weighted by Crippen LogP contribution is 2.30. The first-order chi connectivity index (χ1) is 7.74. The lowest BCUT2D eigenvalue weighted by Gasteiger charge is -2.21. The lowest BCUT2D eigenvalue weighted by molar-refractivity contribution is 0.282. The van der Waals surface area contributed by atoms with Crippen LogP contribution in [0.2, 0.25) is 5.02 Å². The summed E-state index contributed by atoms with van der Waals surface area (Å²) in [7, 11) is 0. The van der Waals surface area contributed by atoms with E-state index in [0.717, 1.165) is 30.3 Å². The van der Waals surface area contributed by atoms with Gasteiger partial charge in [-0.05, 0) is 30.5 Å². The number of hydrogen-bond donors (Lipinski definition) is 1. The molecule has 1 aliphatic heterocycles. The first-order valence-electron chi connectivity index (χ1n) is 5.88. The Kier molecular flexibility index (Phi) is 3.72. The zero-order valence-electron chi connectivity index (χ0n) is 9.62. The van der Waals surface area contributed by atoms with Crippen LogP contribution >= 0.6 is 11.6 Å². The number of rotatable bonds is 3. The van der Waals surface area contributed by atoms with E-state index in [1.54, 1.807) is 0 Å². The van der Waals surface area contributed by atoms with Crippen molar-refractivity contribution in [3.8, 4) is 0 Å². The fraction of sp³-hybridized carbons (Fsp3) is 0.538. The number of anilines is 1. The van der Waals surface area contributed by atoms with Crippen molar-refractivity contribution in [1.29, 1.82) is 0 Å². The lowest BCUT2D eigenvalue weighted by Crippen LogP contribution is -2.20. The molecular formula is C13H18ClNO. The molecular weight excluding hydrogens is 222 g/mol. The third-order valence-corrected chi connectivity index (χ3v) is 3.65. The van der Waals surface area contributed by atoms with Gasteiger partial charge in [-0.15, -0.1) is 0 Å². The number of aliphatic hydroxyl groups excluding tert-OH is 1. The van der Waals surface area contributed by atoms with Crippen LogP contribution in [0.1, 0.15) is 25.3 Å². The van der Waals surface area contributed by atoms with Crippen molar-refractivity contribution < 1.29 is 5.11 Å². The van der Waals surface area contributed by atoms with Gasteiger partial charge in [-0.25, -0.2) is 0 Å². The van der Waals surface area contributed by atoms with Crippen molar-refractivity contribution in [2.75, 3.05) is 18.0 Å². The first-order valence-corrected chi connectivity index (χ1v) is 6.26. The number of halogens is 1. The summed E-state index contributed by atoms with van der Waals surface area (Å²) >= 11 is 5.93. The summed E-state index contributed by atoms with van der Waals surface area (Å²) in [6.45, 7) is 4.49. The average molecular weight is 240 g/mol. The van der Waals surface area contributed by atoms with E-state index in [0.29, 0.717) is 5.02 Å². The van der Waals surface area contributed by atoms with Gasteiger partial charge in [-0.3, -0.25) is 0 Å². The molecule has 1 aliphatic rings. The van der Waals surface area contributed by atoms with E-state index >= 15 is 0 Å². The van der Waals surface area contributed by atoms with Gasteiger partial charge in [0.25, 0.3) is 0 Å². The van der Waals surface area contributed by atoms with Crippen LogP contribution in [0.15, 0.2) is 18.2 Å². The second kappa shape index (κ2) is 5.07. The van der Waals surface area contributed by atoms with Gasteiger partial charge in [0.1, 0.15) is 0 Å². The standard InChI is InChI=1S/C13H18ClNO/c1-2-10-5-6-15(8-10)13-4-3-12(14)7-11(13)9-16/h3-4,7,10,16H,2,5-6,8-9H2,1H3. The van der Waals surface area contributed by atoms with Gasteiger partial charge in [-0.1, -0.05) is 24.9 Å². The Morgan fingerprint density at radius 1 is 1.50 bits per heavy atom. The summed E-state index contributed by atoms with van der Waals surface area (Å²) in [6, 6.07) is 5.78. The molecule has 1 heterocycles. The van der Waals surface area contributed by atoms with Crippen LogP contribution < -0.4 is 4.90 Å². The molecule has 1 unspecified atom stereocenters. The van der Waals surface area contributed by atoms with Crippen LogP contribution in [-0.2, 0) is 6.61 Å². The van der Waals surface area contributed by atoms with E-state index in [4.69, 9.17) is 11.6 Å². The summed E-state index contributed by atoms with van der Waals surface area (Å²) in [4.78, 5) is 2.36. The van der Waals surface area contributed by atoms with Crippen molar-refractivity contribution in [2.45, 2.75) is 26.4 Å². The Bertz CT molecular complexity index is 367. The molecule has 3 heteroatoms. The molecule has 2 rings (SSSR count). The topological polar surface area (TPSA) is 23.5 Å². The molecule has 0 amide bonds. The van der Waals surface area contributed by atoms with Crippen LogP contribution in [0.5, 0.6) is 0 Å². The van der Waals surface area contributed by atoms with Crippen LogP contribution in [0.4, 0.5) is 5.69 Å². The van der Waals surface area contributed by atoms with Crippen LogP contribution in [0.25, 0.3) is 0 Å². The normalized spacial score (nSPS) is 20.4. The van der Waals surface area contributed by atoms with Crippen molar-refractivity contribution in [2.24, 2.45) is 5.92 Å². The fourth-order valence-corrected chi connectivity index (χ4v) is 2.57. The molecule has 1 fully saturated rings. The van der Waals surface area contributed by atoms with Gasteiger partial charge in [0, 0.05) is 29.4 Å². The first kappa shape index (κ1) is 11.7. The maximum absolute atomic E-state index is 9.34. The zero-order chi connectivity index (χ0) is 11.5. The van der Waals surface area contributed by atoms with Crippen LogP contribution in [0, 0.1) is 5.92 Å². The van der Waals surface area contributed by atoms with Crippen molar-refractivity contribution in [3.05, 3.63) is 28.8 Å². The minimum atomic E-state index is 0.0587. The third-order valence-electron chi connectivity index (χ3n) is 3.42. The van der Waals surface area contributed by atoms with Crippen molar-refractivity contribution in [3.63, 3.8) is 0 Å². The van der Waals surface area contributed by atoms with Crippen molar-refractivity contribution >= 4 is 17.3 Å². The van der Waals surface area contributed by atoms with E-state index < -0.39 is 0 Å². The van der Waals surface area contributed by atoms with Gasteiger partial charge < -0.3 is 10.0 Å². The monoisotopic (exact) mass is 239 g/mol. The highest BCUT2D eigenvalue weighted by molar-refractivity contribution is 6.30. The molecule has 0 bridgehead atoms. The number of hydrogen-bond acceptors (Lipinski definition) is 2. The largest absolute Gasteiger partial charge is 0.392 e. The van der Waals surface area contributed by atoms with E-state index in [1.165, 1.54) is 12.8 Å². The fourth-order valence-electron chi connectivity index (χ4n) is 2.37. The highest BCUT2D eigenvalue weighted by Gasteiger charge is 2.22. The van der Waals surface area contributed by atoms with E-state index in [9.17, 15) is 5.11 Å². The van der Waals surface area contributed by atoms with Crippen LogP contribution in [-0.4, -0.2) is 18.2 Å². The third kappa shape index (κ3) is 2.33. The van der Waals surface area contributed by atoms with Gasteiger partial charge in [0.05, 0.1) is 6.61 Å². The molecule has 0 aliphatic carbocycles. The van der Waals surface area contributed by atoms with E-state index in [1.807, 2.05) is 18.2 Å². The van der Waals surface area contributed by atoms with Gasteiger partial charge in [-0.2, -0.15) is 0 Å². The SMILES string of the molecule is CCC1CCN(c2ccc(Cl)cc2CO)C1. The molecule has 16 heavy (non-hydrogen) atoms. The molecule has 0 radical (unpaired) electrons. The molecule has 2 nitrogen and oxygen atoms in total. The summed E-state index contributed by atoms with van der Waals surface area (Å²) in [5.41, 5.74) is 2.08. The number of aliphatic hydroxyl groups is 1. The Hall–Kier alpha value is -0.730. The molecule has 1 N–H and O–H groups in total. The van der Waals surface area contributed by atoms with Gasteiger partial charge >= 0.3 is 0 Å². The smallest absolute Gasteiger partial charge is 0.0702 e. The Balaban J connectivity index is 2.20. The quantitative estimate of drug-likeness (QED) is 0.877. The second-order valence-corrected chi connectivity index (χ2v) is 4.88. The molecule has 1 aromatic carbocycles. The number of benzene rings is 1. The Labute approximate surface area is 102 Å². The summed E-state index contributed by atoms with van der Waals surface area (Å²) in [5, 5.41) is 10.0. The van der Waals surface area contributed by atoms with Gasteiger partial charge in [0.2, 0.25) is 0 Å². The van der Waals surface area contributed by atoms with E-state index in [-0.39, 0.29) is 6.61 Å². The summed E-state index contributed by atoms with van der Waals surface area (Å²) in [5.74, 6) is 0.794. The molecule has 88 valence electrons. The zero-order valence-corrected chi connectivity index (χ0v) is 10.4. The lowest BCUT2D eigenvalue weighted by atomic mass is 10.1. The Morgan fingerprint density at radius 2 is 2.31 bits per heavy atom. The second-order valence-electron chi connectivity index (χ2n) is 4.44. The highest BCUT2D eigenvalue weighted by atomic mass is 35.5. The predicted octanol–water partition coefficient (Wildman–Crippen LogP) is 3.07. The average Bonchev–Trinajstić information content (AvgIpc) is 2.77. The molecule has 1 saturated heterocycles. The molecule has 1 atom stereocenters. The van der Waals surface area contributed by atoms with Crippen molar-refractivity contribution in [1.82, 2.24) is 0 Å².